The Morgan fingerprint density at radius 2 is 2.15 bits per heavy atom. The lowest BCUT2D eigenvalue weighted by Gasteiger charge is -2.06. The SMILES string of the molecule is COC(=O)c1sccc1S(=O)(=O)Nc1n[nH]c(C)c1C. The summed E-state index contributed by atoms with van der Waals surface area (Å²) in [7, 11) is -2.69. The average molecular weight is 315 g/mol. The Bertz CT molecular complexity index is 746. The first-order valence-corrected chi connectivity index (χ1v) is 7.93. The summed E-state index contributed by atoms with van der Waals surface area (Å²) < 4.78 is 31.5. The largest absolute Gasteiger partial charge is 0.465 e. The molecule has 0 spiro atoms. The quantitative estimate of drug-likeness (QED) is 0.836. The van der Waals surface area contributed by atoms with E-state index in [-0.39, 0.29) is 15.6 Å². The monoisotopic (exact) mass is 315 g/mol. The first kappa shape index (κ1) is 14.5. The van der Waals surface area contributed by atoms with Crippen molar-refractivity contribution in [3.8, 4) is 0 Å². The first-order chi connectivity index (χ1) is 9.36. The molecule has 0 atom stereocenters. The molecule has 108 valence electrons. The molecule has 2 aromatic rings. The van der Waals surface area contributed by atoms with E-state index in [4.69, 9.17) is 0 Å². The predicted octanol–water partition coefficient (Wildman–Crippen LogP) is 1.68. The standard InChI is InChI=1S/C11H13N3O4S2/c1-6-7(2)12-13-10(6)14-20(16,17)8-4-5-19-9(8)11(15)18-3/h4-5H,1-3H3,(H2,12,13,14). The highest BCUT2D eigenvalue weighted by molar-refractivity contribution is 7.93. The molecular weight excluding hydrogens is 302 g/mol. The van der Waals surface area contributed by atoms with Gasteiger partial charge in [0, 0.05) is 11.3 Å². The van der Waals surface area contributed by atoms with Gasteiger partial charge in [-0.05, 0) is 25.3 Å². The third kappa shape index (κ3) is 2.54. The van der Waals surface area contributed by atoms with Crippen molar-refractivity contribution in [3.05, 3.63) is 27.6 Å². The molecule has 2 rings (SSSR count). The van der Waals surface area contributed by atoms with Crippen LogP contribution >= 0.6 is 11.3 Å². The van der Waals surface area contributed by atoms with Gasteiger partial charge in [0.05, 0.1) is 7.11 Å². The summed E-state index contributed by atoms with van der Waals surface area (Å²) in [6, 6.07) is 1.36. The Balaban J connectivity index is 2.39. The Morgan fingerprint density at radius 3 is 2.70 bits per heavy atom. The molecule has 20 heavy (non-hydrogen) atoms. The van der Waals surface area contributed by atoms with Gasteiger partial charge in [-0.3, -0.25) is 9.82 Å². The van der Waals surface area contributed by atoms with E-state index in [1.807, 2.05) is 0 Å². The second-order valence-corrected chi connectivity index (χ2v) is 6.60. The maximum absolute atomic E-state index is 12.3. The van der Waals surface area contributed by atoms with E-state index < -0.39 is 16.0 Å². The van der Waals surface area contributed by atoms with Crippen LogP contribution < -0.4 is 4.72 Å². The number of rotatable bonds is 4. The van der Waals surface area contributed by atoms with Gasteiger partial charge < -0.3 is 4.74 Å². The van der Waals surface area contributed by atoms with Gasteiger partial charge in [-0.2, -0.15) is 5.10 Å². The van der Waals surface area contributed by atoms with Crippen LogP contribution in [-0.4, -0.2) is 31.7 Å². The van der Waals surface area contributed by atoms with Crippen molar-refractivity contribution in [1.29, 1.82) is 0 Å². The summed E-state index contributed by atoms with van der Waals surface area (Å²) in [4.78, 5) is 11.5. The Hall–Kier alpha value is -1.87. The molecule has 0 bridgehead atoms. The fourth-order valence-corrected chi connectivity index (χ4v) is 3.92. The lowest BCUT2D eigenvalue weighted by molar-refractivity contribution is 0.0602. The number of hydrogen-bond acceptors (Lipinski definition) is 6. The third-order valence-corrected chi connectivity index (χ3v) is 5.18. The minimum Gasteiger partial charge on any atom is -0.465 e. The Kier molecular flexibility index (Phi) is 3.82. The molecule has 0 saturated heterocycles. The van der Waals surface area contributed by atoms with E-state index in [9.17, 15) is 13.2 Å². The minimum absolute atomic E-state index is 0.0323. The second kappa shape index (κ2) is 5.25. The van der Waals surface area contributed by atoms with E-state index in [1.165, 1.54) is 18.6 Å². The maximum Gasteiger partial charge on any atom is 0.349 e. The topological polar surface area (TPSA) is 101 Å². The van der Waals surface area contributed by atoms with Gasteiger partial charge in [0.1, 0.15) is 9.77 Å². The molecule has 0 aliphatic rings. The summed E-state index contributed by atoms with van der Waals surface area (Å²) in [6.07, 6.45) is 0. The number of nitrogens with one attached hydrogen (secondary N) is 2. The summed E-state index contributed by atoms with van der Waals surface area (Å²) >= 11 is 1.01. The molecule has 2 heterocycles. The number of carbonyl (C=O) groups excluding carboxylic acids is 1. The van der Waals surface area contributed by atoms with Crippen LogP contribution in [0.15, 0.2) is 16.3 Å². The van der Waals surface area contributed by atoms with Crippen molar-refractivity contribution in [2.24, 2.45) is 0 Å². The van der Waals surface area contributed by atoms with Crippen molar-refractivity contribution < 1.29 is 17.9 Å². The van der Waals surface area contributed by atoms with Crippen LogP contribution in [0.2, 0.25) is 0 Å². The van der Waals surface area contributed by atoms with E-state index in [1.54, 1.807) is 13.8 Å². The van der Waals surface area contributed by atoms with Gasteiger partial charge in [0.15, 0.2) is 5.82 Å². The first-order valence-electron chi connectivity index (χ1n) is 5.57. The van der Waals surface area contributed by atoms with Crippen molar-refractivity contribution >= 4 is 33.1 Å². The van der Waals surface area contributed by atoms with Crippen LogP contribution in [0.5, 0.6) is 0 Å². The van der Waals surface area contributed by atoms with Crippen molar-refractivity contribution in [1.82, 2.24) is 10.2 Å². The normalized spacial score (nSPS) is 11.3. The number of carbonyl (C=O) groups is 1. The lowest BCUT2D eigenvalue weighted by atomic mass is 10.3. The number of aromatic amines is 1. The number of hydrogen-bond donors (Lipinski definition) is 2. The van der Waals surface area contributed by atoms with Crippen molar-refractivity contribution in [3.63, 3.8) is 0 Å². The molecule has 9 heteroatoms. The lowest BCUT2D eigenvalue weighted by Crippen LogP contribution is -2.16. The van der Waals surface area contributed by atoms with Crippen molar-refractivity contribution in [2.75, 3.05) is 11.8 Å². The number of ether oxygens (including phenoxy) is 1. The number of methoxy groups -OCH3 is 1. The molecule has 0 amide bonds. The molecule has 0 fully saturated rings. The maximum atomic E-state index is 12.3. The number of H-pyrrole nitrogens is 1. The van der Waals surface area contributed by atoms with Crippen LogP contribution in [0.3, 0.4) is 0 Å². The van der Waals surface area contributed by atoms with E-state index in [0.29, 0.717) is 5.56 Å². The van der Waals surface area contributed by atoms with Crippen LogP contribution in [0.25, 0.3) is 0 Å². The number of aromatic nitrogens is 2. The third-order valence-electron chi connectivity index (χ3n) is 2.77. The molecule has 7 nitrogen and oxygen atoms in total. The van der Waals surface area contributed by atoms with Gasteiger partial charge >= 0.3 is 5.97 Å². The number of anilines is 1. The van der Waals surface area contributed by atoms with Gasteiger partial charge in [-0.25, -0.2) is 13.2 Å². The molecule has 2 aromatic heterocycles. The fourth-order valence-electron chi connectivity index (χ4n) is 1.52. The van der Waals surface area contributed by atoms with Crippen LogP contribution in [0, 0.1) is 13.8 Å². The molecule has 0 saturated carbocycles. The van der Waals surface area contributed by atoms with Gasteiger partial charge in [-0.15, -0.1) is 11.3 Å². The number of aryl methyl sites for hydroxylation is 1. The number of esters is 1. The predicted molar refractivity (Wildman–Crippen MR) is 74.5 cm³/mol. The fraction of sp³-hybridized carbons (Fsp3) is 0.273. The van der Waals surface area contributed by atoms with Crippen LogP contribution in [0.4, 0.5) is 5.82 Å². The second-order valence-electron chi connectivity index (χ2n) is 4.03. The molecule has 0 aliphatic heterocycles. The average Bonchev–Trinajstić information content (AvgIpc) is 3.00. The summed E-state index contributed by atoms with van der Waals surface area (Å²) in [5, 5.41) is 8.08. The number of thiophene rings is 1. The zero-order valence-electron chi connectivity index (χ0n) is 11.1. The van der Waals surface area contributed by atoms with Gasteiger partial charge in [-0.1, -0.05) is 0 Å². The Morgan fingerprint density at radius 1 is 1.45 bits per heavy atom. The minimum atomic E-state index is -3.89. The highest BCUT2D eigenvalue weighted by Gasteiger charge is 2.26. The summed E-state index contributed by atoms with van der Waals surface area (Å²) in [5.41, 5.74) is 1.46. The smallest absolute Gasteiger partial charge is 0.349 e. The number of sulfonamides is 1. The molecular formula is C11H13N3O4S2. The number of nitrogens with zero attached hydrogens (tertiary/aromatic N) is 1. The molecule has 0 radical (unpaired) electrons. The molecule has 2 N–H and O–H groups in total. The molecule has 0 aliphatic carbocycles. The van der Waals surface area contributed by atoms with Crippen LogP contribution in [-0.2, 0) is 14.8 Å². The summed E-state index contributed by atoms with van der Waals surface area (Å²) in [5.74, 6) is -0.472. The van der Waals surface area contributed by atoms with Gasteiger partial charge in [0.25, 0.3) is 10.0 Å². The van der Waals surface area contributed by atoms with E-state index in [2.05, 4.69) is 19.7 Å². The molecule has 0 aromatic carbocycles. The zero-order chi connectivity index (χ0) is 14.9. The van der Waals surface area contributed by atoms with Crippen LogP contribution in [0.1, 0.15) is 20.9 Å². The zero-order valence-corrected chi connectivity index (χ0v) is 12.7. The van der Waals surface area contributed by atoms with Gasteiger partial charge in [0.2, 0.25) is 0 Å². The highest BCUT2D eigenvalue weighted by atomic mass is 32.2. The molecule has 0 unspecified atom stereocenters. The van der Waals surface area contributed by atoms with E-state index in [0.717, 1.165) is 17.0 Å². The highest BCUT2D eigenvalue weighted by Crippen LogP contribution is 2.25. The Labute approximate surface area is 120 Å². The van der Waals surface area contributed by atoms with E-state index >= 15 is 0 Å². The summed E-state index contributed by atoms with van der Waals surface area (Å²) in [6.45, 7) is 3.52. The van der Waals surface area contributed by atoms with Crippen molar-refractivity contribution in [2.45, 2.75) is 18.7 Å².